The third-order valence-corrected chi connectivity index (χ3v) is 3.20. The smallest absolute Gasteiger partial charge is 0.269 e. The van der Waals surface area contributed by atoms with Crippen LogP contribution >= 0.6 is 0 Å². The second-order valence-corrected chi connectivity index (χ2v) is 4.35. The van der Waals surface area contributed by atoms with Crippen LogP contribution in [-0.2, 0) is 19.4 Å². The van der Waals surface area contributed by atoms with Crippen molar-refractivity contribution in [1.29, 1.82) is 0 Å². The van der Waals surface area contributed by atoms with Gasteiger partial charge < -0.3 is 11.5 Å². The van der Waals surface area contributed by atoms with E-state index < -0.39 is 5.91 Å². The van der Waals surface area contributed by atoms with Gasteiger partial charge in [-0.25, -0.2) is 4.68 Å². The molecule has 106 valence electrons. The highest BCUT2D eigenvalue weighted by Crippen LogP contribution is 2.19. The molecule has 0 spiro atoms. The minimum atomic E-state index is -0.577. The number of hydrogen-bond acceptors (Lipinski definition) is 5. The first-order chi connectivity index (χ1) is 9.62. The number of aryl methyl sites for hydroxylation is 1. The van der Waals surface area contributed by atoms with E-state index in [1.54, 1.807) is 12.3 Å². The molecule has 20 heavy (non-hydrogen) atoms. The van der Waals surface area contributed by atoms with Crippen molar-refractivity contribution in [1.82, 2.24) is 20.0 Å². The minimum Gasteiger partial charge on any atom is -0.364 e. The van der Waals surface area contributed by atoms with Crippen LogP contribution in [0.4, 0.5) is 0 Å². The van der Waals surface area contributed by atoms with Crippen LogP contribution in [0.25, 0.3) is 5.82 Å². The van der Waals surface area contributed by atoms with E-state index in [2.05, 4.69) is 22.2 Å². The van der Waals surface area contributed by atoms with Crippen molar-refractivity contribution < 1.29 is 4.79 Å². The highest BCUT2D eigenvalue weighted by atomic mass is 16.1. The summed E-state index contributed by atoms with van der Waals surface area (Å²) in [6, 6.07) is 1.55. The number of carbonyl (C=O) groups excluding carboxylic acids is 1. The fourth-order valence-electron chi connectivity index (χ4n) is 2.21. The molecular weight excluding hydrogens is 256 g/mol. The van der Waals surface area contributed by atoms with E-state index in [0.29, 0.717) is 12.4 Å². The van der Waals surface area contributed by atoms with Gasteiger partial charge in [0.25, 0.3) is 5.91 Å². The molecule has 0 unspecified atom stereocenters. The standard InChI is InChI=1S/C13H18N6O/c1-3-8-9(7-14)13(17-16-10(8)4-2)19-6-5-11(18-19)12(15)20/h5-6H,3-4,7,14H2,1-2H3,(H2,15,20). The molecule has 0 saturated heterocycles. The van der Waals surface area contributed by atoms with Gasteiger partial charge in [0.05, 0.1) is 5.69 Å². The maximum Gasteiger partial charge on any atom is 0.269 e. The Kier molecular flexibility index (Phi) is 4.09. The van der Waals surface area contributed by atoms with Gasteiger partial charge in [0.15, 0.2) is 5.82 Å². The second kappa shape index (κ2) is 5.79. The lowest BCUT2D eigenvalue weighted by Crippen LogP contribution is -2.16. The largest absolute Gasteiger partial charge is 0.364 e. The molecule has 1 amide bonds. The van der Waals surface area contributed by atoms with Crippen molar-refractivity contribution in [2.45, 2.75) is 33.2 Å². The molecule has 2 aromatic heterocycles. The van der Waals surface area contributed by atoms with E-state index in [1.807, 2.05) is 6.92 Å². The van der Waals surface area contributed by atoms with Crippen LogP contribution in [0.1, 0.15) is 41.2 Å². The molecule has 0 saturated carbocycles. The number of nitrogens with zero attached hydrogens (tertiary/aromatic N) is 4. The molecule has 0 aliphatic rings. The van der Waals surface area contributed by atoms with Gasteiger partial charge in [0, 0.05) is 18.3 Å². The summed E-state index contributed by atoms with van der Waals surface area (Å²) in [5.41, 5.74) is 14.2. The molecule has 4 N–H and O–H groups in total. The van der Waals surface area contributed by atoms with Crippen molar-refractivity contribution >= 4 is 5.91 Å². The van der Waals surface area contributed by atoms with Crippen LogP contribution in [0.3, 0.4) is 0 Å². The SMILES string of the molecule is CCc1nnc(-n2ccc(C(N)=O)n2)c(CN)c1CC. The summed E-state index contributed by atoms with van der Waals surface area (Å²) < 4.78 is 1.49. The molecule has 7 heteroatoms. The Morgan fingerprint density at radius 1 is 1.25 bits per heavy atom. The minimum absolute atomic E-state index is 0.187. The van der Waals surface area contributed by atoms with E-state index >= 15 is 0 Å². The van der Waals surface area contributed by atoms with E-state index in [4.69, 9.17) is 11.5 Å². The molecule has 7 nitrogen and oxygen atoms in total. The predicted octanol–water partition coefficient (Wildman–Crippen LogP) is 0.345. The van der Waals surface area contributed by atoms with Crippen LogP contribution in [0.5, 0.6) is 0 Å². The van der Waals surface area contributed by atoms with Crippen LogP contribution in [0.15, 0.2) is 12.3 Å². The van der Waals surface area contributed by atoms with Crippen molar-refractivity contribution in [3.63, 3.8) is 0 Å². The Hall–Kier alpha value is -2.28. The van der Waals surface area contributed by atoms with Crippen LogP contribution < -0.4 is 11.5 Å². The molecule has 0 radical (unpaired) electrons. The lowest BCUT2D eigenvalue weighted by Gasteiger charge is -2.13. The maximum atomic E-state index is 11.1. The van der Waals surface area contributed by atoms with Gasteiger partial charge in [-0.2, -0.15) is 10.2 Å². The van der Waals surface area contributed by atoms with E-state index in [9.17, 15) is 4.79 Å². The molecule has 0 bridgehead atoms. The highest BCUT2D eigenvalue weighted by molar-refractivity contribution is 5.90. The third-order valence-electron chi connectivity index (χ3n) is 3.20. The van der Waals surface area contributed by atoms with Gasteiger partial charge in [-0.15, -0.1) is 5.10 Å². The summed E-state index contributed by atoms with van der Waals surface area (Å²) in [5, 5.41) is 12.5. The Morgan fingerprint density at radius 3 is 2.50 bits per heavy atom. The maximum absolute atomic E-state index is 11.1. The Labute approximate surface area is 117 Å². The average molecular weight is 274 g/mol. The number of nitrogens with two attached hydrogens (primary N) is 2. The lowest BCUT2D eigenvalue weighted by atomic mass is 10.0. The fourth-order valence-corrected chi connectivity index (χ4v) is 2.21. The predicted molar refractivity (Wildman–Crippen MR) is 74.3 cm³/mol. The molecule has 2 aromatic rings. The number of hydrogen-bond donors (Lipinski definition) is 2. The molecule has 0 aliphatic carbocycles. The van der Waals surface area contributed by atoms with Gasteiger partial charge in [0.2, 0.25) is 0 Å². The summed E-state index contributed by atoms with van der Waals surface area (Å²) in [7, 11) is 0. The van der Waals surface area contributed by atoms with Crippen molar-refractivity contribution in [2.24, 2.45) is 11.5 Å². The van der Waals surface area contributed by atoms with Crippen LogP contribution in [-0.4, -0.2) is 25.9 Å². The van der Waals surface area contributed by atoms with E-state index in [0.717, 1.165) is 29.7 Å². The second-order valence-electron chi connectivity index (χ2n) is 4.35. The Morgan fingerprint density at radius 2 is 2.00 bits per heavy atom. The number of rotatable bonds is 5. The molecular formula is C13H18N6O. The highest BCUT2D eigenvalue weighted by Gasteiger charge is 2.16. The molecule has 2 heterocycles. The molecule has 0 atom stereocenters. The van der Waals surface area contributed by atoms with E-state index in [-0.39, 0.29) is 5.69 Å². The summed E-state index contributed by atoms with van der Waals surface area (Å²) in [4.78, 5) is 11.1. The monoisotopic (exact) mass is 274 g/mol. The fraction of sp³-hybridized carbons (Fsp3) is 0.385. The Balaban J connectivity index is 2.58. The normalized spacial score (nSPS) is 10.8. The van der Waals surface area contributed by atoms with Gasteiger partial charge in [-0.05, 0) is 24.5 Å². The van der Waals surface area contributed by atoms with Crippen molar-refractivity contribution in [3.05, 3.63) is 34.8 Å². The van der Waals surface area contributed by atoms with Crippen LogP contribution in [0, 0.1) is 0 Å². The van der Waals surface area contributed by atoms with Crippen molar-refractivity contribution in [3.8, 4) is 5.82 Å². The quantitative estimate of drug-likeness (QED) is 0.816. The van der Waals surface area contributed by atoms with Crippen molar-refractivity contribution in [2.75, 3.05) is 0 Å². The number of primary amides is 1. The number of aromatic nitrogens is 4. The summed E-state index contributed by atoms with van der Waals surface area (Å²) in [6.45, 7) is 4.42. The van der Waals surface area contributed by atoms with Gasteiger partial charge in [-0.1, -0.05) is 13.8 Å². The average Bonchev–Trinajstić information content (AvgIpc) is 2.95. The summed E-state index contributed by atoms with van der Waals surface area (Å²) in [6.07, 6.45) is 3.26. The zero-order valence-corrected chi connectivity index (χ0v) is 11.6. The zero-order chi connectivity index (χ0) is 14.7. The summed E-state index contributed by atoms with van der Waals surface area (Å²) in [5.74, 6) is -0.0269. The first kappa shape index (κ1) is 14.1. The van der Waals surface area contributed by atoms with E-state index in [1.165, 1.54) is 4.68 Å². The first-order valence-electron chi connectivity index (χ1n) is 6.55. The summed E-state index contributed by atoms with van der Waals surface area (Å²) >= 11 is 0. The molecule has 0 fully saturated rings. The lowest BCUT2D eigenvalue weighted by molar-refractivity contribution is 0.0995. The molecule has 0 aromatic carbocycles. The molecule has 0 aliphatic heterocycles. The zero-order valence-electron chi connectivity index (χ0n) is 11.6. The van der Waals surface area contributed by atoms with Gasteiger partial charge in [0.1, 0.15) is 5.69 Å². The molecule has 2 rings (SSSR count). The Bertz CT molecular complexity index is 634. The number of amides is 1. The van der Waals surface area contributed by atoms with Gasteiger partial charge in [-0.3, -0.25) is 4.79 Å². The number of carbonyl (C=O) groups is 1. The third kappa shape index (κ3) is 2.39. The van der Waals surface area contributed by atoms with Crippen LogP contribution in [0.2, 0.25) is 0 Å². The first-order valence-corrected chi connectivity index (χ1v) is 6.55. The van der Waals surface area contributed by atoms with Gasteiger partial charge >= 0.3 is 0 Å². The topological polar surface area (TPSA) is 113 Å².